The summed E-state index contributed by atoms with van der Waals surface area (Å²) in [7, 11) is 0. The number of nitrogens with zero attached hydrogens (tertiary/aromatic N) is 1. The fourth-order valence-electron chi connectivity index (χ4n) is 3.19. The maximum absolute atomic E-state index is 10.4. The fraction of sp³-hybridized carbons (Fsp3) is 0.600. The molecule has 5 heteroatoms. The Morgan fingerprint density at radius 1 is 1.20 bits per heavy atom. The van der Waals surface area contributed by atoms with Gasteiger partial charge in [-0.2, -0.15) is 0 Å². The van der Waals surface area contributed by atoms with Crippen LogP contribution in [0.5, 0.6) is 11.5 Å². The number of hydrogen-bond acceptors (Lipinski definition) is 4. The number of aliphatic hydroxyl groups is 1. The van der Waals surface area contributed by atoms with Crippen LogP contribution in [-0.4, -0.2) is 41.9 Å². The van der Waals surface area contributed by atoms with Crippen molar-refractivity contribution < 1.29 is 14.6 Å². The molecule has 2 heterocycles. The second-order valence-electron chi connectivity index (χ2n) is 6.11. The van der Waals surface area contributed by atoms with Gasteiger partial charge in [-0.15, -0.1) is 0 Å². The second-order valence-corrected chi connectivity index (χ2v) is 6.96. The Hall–Kier alpha value is -0.780. The predicted molar refractivity (Wildman–Crippen MR) is 78.1 cm³/mol. The van der Waals surface area contributed by atoms with Gasteiger partial charge in [0.05, 0.1) is 5.60 Å². The maximum atomic E-state index is 10.4. The molecule has 0 radical (unpaired) electrons. The second kappa shape index (κ2) is 4.61. The summed E-state index contributed by atoms with van der Waals surface area (Å²) in [6, 6.07) is 4.03. The van der Waals surface area contributed by atoms with Gasteiger partial charge in [0.15, 0.2) is 11.5 Å². The molecular weight excluding hydrogens is 322 g/mol. The highest BCUT2D eigenvalue weighted by atomic mass is 79.9. The van der Waals surface area contributed by atoms with Gasteiger partial charge in [-0.05, 0) is 36.5 Å². The van der Waals surface area contributed by atoms with E-state index in [2.05, 4.69) is 20.8 Å². The Balaban J connectivity index is 1.46. The van der Waals surface area contributed by atoms with Crippen LogP contribution in [0.4, 0.5) is 0 Å². The molecule has 3 aliphatic rings. The molecule has 4 nitrogen and oxygen atoms in total. The van der Waals surface area contributed by atoms with Gasteiger partial charge in [-0.3, -0.25) is 4.90 Å². The molecule has 2 fully saturated rings. The van der Waals surface area contributed by atoms with Crippen molar-refractivity contribution in [3.8, 4) is 11.5 Å². The van der Waals surface area contributed by atoms with Gasteiger partial charge in [-0.25, -0.2) is 0 Å². The maximum Gasteiger partial charge on any atom is 0.162 e. The number of halogens is 1. The third-order valence-corrected chi connectivity index (χ3v) is 5.18. The van der Waals surface area contributed by atoms with Crippen LogP contribution in [-0.2, 0) is 6.54 Å². The van der Waals surface area contributed by atoms with Gasteiger partial charge in [0.25, 0.3) is 0 Å². The summed E-state index contributed by atoms with van der Waals surface area (Å²) in [5, 5.41) is 10.4. The number of likely N-dealkylation sites (tertiary alicyclic amines) is 1. The van der Waals surface area contributed by atoms with Gasteiger partial charge in [0, 0.05) is 24.1 Å². The monoisotopic (exact) mass is 339 g/mol. The van der Waals surface area contributed by atoms with E-state index < -0.39 is 5.60 Å². The first-order valence-electron chi connectivity index (χ1n) is 7.17. The van der Waals surface area contributed by atoms with Crippen LogP contribution in [0.15, 0.2) is 16.6 Å². The van der Waals surface area contributed by atoms with Crippen LogP contribution in [0.2, 0.25) is 0 Å². The molecule has 1 N–H and O–H groups in total. The lowest BCUT2D eigenvalue weighted by Crippen LogP contribution is -2.62. The van der Waals surface area contributed by atoms with E-state index in [9.17, 15) is 5.11 Å². The first kappa shape index (κ1) is 12.9. The normalized spacial score (nSPS) is 24.3. The van der Waals surface area contributed by atoms with Crippen LogP contribution in [0.25, 0.3) is 0 Å². The van der Waals surface area contributed by atoms with Gasteiger partial charge in [0.2, 0.25) is 0 Å². The highest BCUT2D eigenvalue weighted by molar-refractivity contribution is 9.10. The lowest BCUT2D eigenvalue weighted by molar-refractivity contribution is -0.116. The number of fused-ring (bicyclic) bond motifs is 1. The molecule has 20 heavy (non-hydrogen) atoms. The summed E-state index contributed by atoms with van der Waals surface area (Å²) in [4.78, 5) is 2.29. The summed E-state index contributed by atoms with van der Waals surface area (Å²) < 4.78 is 12.2. The smallest absolute Gasteiger partial charge is 0.162 e. The standard InChI is InChI=1S/C15H18BrNO3/c16-12-6-14-13(19-3-4-20-14)5-10(12)7-17-8-15(18,9-17)11-1-2-11/h5-6,11,18H,1-4,7-9H2. The summed E-state index contributed by atoms with van der Waals surface area (Å²) in [6.07, 6.45) is 2.39. The third-order valence-electron chi connectivity index (χ3n) is 4.44. The van der Waals surface area contributed by atoms with Crippen LogP contribution in [0.3, 0.4) is 0 Å². The van der Waals surface area contributed by atoms with Crippen LogP contribution < -0.4 is 9.47 Å². The van der Waals surface area contributed by atoms with Crippen molar-refractivity contribution in [3.05, 3.63) is 22.2 Å². The van der Waals surface area contributed by atoms with Crippen molar-refractivity contribution in [2.75, 3.05) is 26.3 Å². The van der Waals surface area contributed by atoms with Crippen molar-refractivity contribution in [1.82, 2.24) is 4.90 Å². The van der Waals surface area contributed by atoms with Crippen molar-refractivity contribution in [3.63, 3.8) is 0 Å². The number of hydrogen-bond donors (Lipinski definition) is 1. The molecule has 0 atom stereocenters. The molecule has 1 saturated carbocycles. The van der Waals surface area contributed by atoms with Crippen molar-refractivity contribution in [1.29, 1.82) is 0 Å². The van der Waals surface area contributed by atoms with E-state index in [1.807, 2.05) is 12.1 Å². The van der Waals surface area contributed by atoms with Gasteiger partial charge in [-0.1, -0.05) is 15.9 Å². The van der Waals surface area contributed by atoms with Crippen LogP contribution in [0, 0.1) is 5.92 Å². The molecule has 2 aliphatic heterocycles. The van der Waals surface area contributed by atoms with Gasteiger partial charge >= 0.3 is 0 Å². The van der Waals surface area contributed by atoms with Gasteiger partial charge in [0.1, 0.15) is 13.2 Å². The van der Waals surface area contributed by atoms with Crippen molar-refractivity contribution >= 4 is 15.9 Å². The Morgan fingerprint density at radius 3 is 2.50 bits per heavy atom. The quantitative estimate of drug-likeness (QED) is 0.916. The summed E-state index contributed by atoms with van der Waals surface area (Å²) in [5.74, 6) is 2.18. The Bertz CT molecular complexity index is 538. The number of β-amino-alcohol motifs (C(OH)–C–C–N with tert-alkyl or cyclic N) is 1. The zero-order valence-corrected chi connectivity index (χ0v) is 12.9. The fourth-order valence-corrected chi connectivity index (χ4v) is 3.63. The SMILES string of the molecule is OC1(C2CC2)CN(Cc2cc3c(cc2Br)OCCO3)C1. The summed E-state index contributed by atoms with van der Waals surface area (Å²) in [6.45, 7) is 3.64. The molecular formula is C15H18BrNO3. The molecule has 108 valence electrons. The van der Waals surface area contributed by atoms with Crippen molar-refractivity contribution in [2.24, 2.45) is 5.92 Å². The highest BCUT2D eigenvalue weighted by Crippen LogP contribution is 2.45. The topological polar surface area (TPSA) is 41.9 Å². The minimum Gasteiger partial charge on any atom is -0.486 e. The minimum absolute atomic E-state index is 0.416. The van der Waals surface area contributed by atoms with E-state index in [0.717, 1.165) is 35.6 Å². The molecule has 0 bridgehead atoms. The number of rotatable bonds is 3. The first-order valence-corrected chi connectivity index (χ1v) is 7.96. The van der Waals surface area contributed by atoms with Crippen LogP contribution >= 0.6 is 15.9 Å². The Morgan fingerprint density at radius 2 is 1.85 bits per heavy atom. The van der Waals surface area contributed by atoms with E-state index in [4.69, 9.17) is 9.47 Å². The first-order chi connectivity index (χ1) is 9.64. The molecule has 0 unspecified atom stereocenters. The molecule has 0 spiro atoms. The lowest BCUT2D eigenvalue weighted by atomic mass is 9.88. The van der Waals surface area contributed by atoms with E-state index in [-0.39, 0.29) is 0 Å². The average Bonchev–Trinajstić information content (AvgIpc) is 3.22. The number of ether oxygens (including phenoxy) is 2. The minimum atomic E-state index is -0.416. The van der Waals surface area contributed by atoms with Gasteiger partial charge < -0.3 is 14.6 Å². The lowest BCUT2D eigenvalue weighted by Gasteiger charge is -2.47. The average molecular weight is 340 g/mol. The third kappa shape index (κ3) is 2.22. The summed E-state index contributed by atoms with van der Waals surface area (Å²) >= 11 is 3.60. The molecule has 4 rings (SSSR count). The Labute approximate surface area is 126 Å². The van der Waals surface area contributed by atoms with E-state index in [0.29, 0.717) is 19.1 Å². The zero-order valence-electron chi connectivity index (χ0n) is 11.3. The zero-order chi connectivity index (χ0) is 13.7. The summed E-state index contributed by atoms with van der Waals surface area (Å²) in [5.41, 5.74) is 0.771. The van der Waals surface area contributed by atoms with E-state index in [1.54, 1.807) is 0 Å². The molecule has 1 aliphatic carbocycles. The predicted octanol–water partition coefficient (Wildman–Crippen LogP) is 2.18. The molecule has 1 aromatic rings. The van der Waals surface area contributed by atoms with Crippen LogP contribution in [0.1, 0.15) is 18.4 Å². The molecule has 1 saturated heterocycles. The van der Waals surface area contributed by atoms with E-state index in [1.165, 1.54) is 18.4 Å². The molecule has 0 aromatic heterocycles. The number of benzene rings is 1. The van der Waals surface area contributed by atoms with E-state index >= 15 is 0 Å². The van der Waals surface area contributed by atoms with Crippen molar-refractivity contribution in [2.45, 2.75) is 25.0 Å². The molecule has 0 amide bonds. The largest absolute Gasteiger partial charge is 0.486 e. The highest BCUT2D eigenvalue weighted by Gasteiger charge is 2.51. The molecule has 1 aromatic carbocycles. The Kier molecular flexibility index (Phi) is 2.98.